The molecule has 0 spiro atoms. The van der Waals surface area contributed by atoms with Gasteiger partial charge in [0.25, 0.3) is 0 Å². The molecule has 0 saturated carbocycles. The lowest BCUT2D eigenvalue weighted by Crippen LogP contribution is -2.41. The first kappa shape index (κ1) is 15.2. The minimum Gasteiger partial charge on any atom is -0.550 e. The Kier molecular flexibility index (Phi) is 8.30. The Morgan fingerprint density at radius 1 is 1.54 bits per heavy atom. The first-order chi connectivity index (χ1) is 5.69. The van der Waals surface area contributed by atoms with Gasteiger partial charge in [-0.2, -0.15) is 0 Å². The molecule has 0 rings (SSSR count). The Hall–Kier alpha value is -0.320. The lowest BCUT2D eigenvalue weighted by atomic mass is 10.3. The predicted octanol–water partition coefficient (Wildman–Crippen LogP) is -0.951. The fraction of sp³-hybridized carbons (Fsp3) is 0.875. The van der Waals surface area contributed by atoms with Crippen molar-refractivity contribution in [3.63, 3.8) is 0 Å². The van der Waals surface area contributed by atoms with E-state index < -0.39 is 5.97 Å². The number of halogens is 1. The average Bonchev–Trinajstić information content (AvgIpc) is 1.82. The maximum Gasteiger partial charge on any atom is 0.116 e. The van der Waals surface area contributed by atoms with Gasteiger partial charge >= 0.3 is 0 Å². The molecule has 1 N–H and O–H groups in total. The van der Waals surface area contributed by atoms with E-state index >= 15 is 0 Å². The highest BCUT2D eigenvalue weighted by molar-refractivity contribution is 6.18. The fourth-order valence-corrected chi connectivity index (χ4v) is 0.779. The summed E-state index contributed by atoms with van der Waals surface area (Å²) >= 11 is 5.40. The van der Waals surface area contributed by atoms with Crippen LogP contribution in [0.1, 0.15) is 6.92 Å². The molecule has 1 atom stereocenters. The first-order valence-corrected chi connectivity index (χ1v) is 4.44. The second kappa shape index (κ2) is 7.12. The third kappa shape index (κ3) is 24.5. The number of quaternary nitrogens is 1. The van der Waals surface area contributed by atoms with Crippen molar-refractivity contribution in [1.82, 2.24) is 0 Å². The standard InChI is InChI=1S/C6H15ClNO.C2H4O2/c1-8(2,3)5-6(9)4-7;1-2(3)4/h6,9H,4-5H2,1-3H3;1H3,(H,3,4)/q+1;/p-1. The molecular weight excluding hydrogens is 194 g/mol. The predicted molar refractivity (Wildman–Crippen MR) is 50.3 cm³/mol. The third-order valence-electron chi connectivity index (χ3n) is 0.937. The van der Waals surface area contributed by atoms with Gasteiger partial charge in [0.1, 0.15) is 12.6 Å². The smallest absolute Gasteiger partial charge is 0.116 e. The van der Waals surface area contributed by atoms with Crippen LogP contribution in [0.4, 0.5) is 0 Å². The van der Waals surface area contributed by atoms with E-state index in [1.54, 1.807) is 0 Å². The van der Waals surface area contributed by atoms with E-state index in [2.05, 4.69) is 0 Å². The molecule has 0 aliphatic carbocycles. The topological polar surface area (TPSA) is 60.4 Å². The minimum absolute atomic E-state index is 0.329. The Morgan fingerprint density at radius 2 is 1.85 bits per heavy atom. The van der Waals surface area contributed by atoms with Crippen LogP contribution >= 0.6 is 11.6 Å². The molecule has 0 amide bonds. The van der Waals surface area contributed by atoms with Gasteiger partial charge in [0.15, 0.2) is 0 Å². The van der Waals surface area contributed by atoms with Crippen LogP contribution in [0.15, 0.2) is 0 Å². The molecule has 0 aromatic carbocycles. The number of alkyl halides is 1. The molecule has 0 heterocycles. The molecular formula is C8H18ClNO3. The maximum absolute atomic E-state index is 9.05. The van der Waals surface area contributed by atoms with Gasteiger partial charge in [0, 0.05) is 5.97 Å². The number of nitrogens with zero attached hydrogens (tertiary/aromatic N) is 1. The molecule has 0 aliphatic rings. The Morgan fingerprint density at radius 3 is 1.92 bits per heavy atom. The summed E-state index contributed by atoms with van der Waals surface area (Å²) in [6.45, 7) is 1.68. The molecule has 0 radical (unpaired) electrons. The van der Waals surface area contributed by atoms with Crippen LogP contribution in [-0.4, -0.2) is 55.2 Å². The van der Waals surface area contributed by atoms with Crippen molar-refractivity contribution in [1.29, 1.82) is 0 Å². The Labute approximate surface area is 84.3 Å². The van der Waals surface area contributed by atoms with Gasteiger partial charge in [-0.1, -0.05) is 0 Å². The van der Waals surface area contributed by atoms with Crippen LogP contribution in [0.2, 0.25) is 0 Å². The highest BCUT2D eigenvalue weighted by atomic mass is 35.5. The molecule has 0 aromatic rings. The summed E-state index contributed by atoms with van der Waals surface area (Å²) in [5.41, 5.74) is 0. The number of aliphatic hydroxyl groups is 1. The van der Waals surface area contributed by atoms with E-state index in [1.165, 1.54) is 0 Å². The summed E-state index contributed by atoms with van der Waals surface area (Å²) in [5, 5.41) is 17.9. The SMILES string of the molecule is CC(=O)[O-].C[N+](C)(C)CC(O)CCl. The second-order valence-electron chi connectivity index (χ2n) is 3.77. The number of aliphatic carboxylic acids is 1. The van der Waals surface area contributed by atoms with E-state index in [9.17, 15) is 0 Å². The van der Waals surface area contributed by atoms with Gasteiger partial charge in [-0.05, 0) is 6.92 Å². The molecule has 0 aliphatic heterocycles. The molecule has 0 aromatic heterocycles. The number of carboxylic acids is 1. The second-order valence-corrected chi connectivity index (χ2v) is 4.08. The normalized spacial score (nSPS) is 12.8. The Balaban J connectivity index is 0. The summed E-state index contributed by atoms with van der Waals surface area (Å²) in [7, 11) is 6.07. The van der Waals surface area contributed by atoms with Crippen molar-refractivity contribution in [2.24, 2.45) is 0 Å². The summed E-state index contributed by atoms with van der Waals surface area (Å²) < 4.78 is 0.758. The third-order valence-corrected chi connectivity index (χ3v) is 1.29. The van der Waals surface area contributed by atoms with Gasteiger partial charge in [0.05, 0.1) is 27.0 Å². The van der Waals surface area contributed by atoms with E-state index in [4.69, 9.17) is 26.6 Å². The number of aliphatic hydroxyl groups excluding tert-OH is 1. The zero-order valence-electron chi connectivity index (χ0n) is 8.58. The number of carbonyl (C=O) groups excluding carboxylic acids is 1. The monoisotopic (exact) mass is 211 g/mol. The van der Waals surface area contributed by atoms with E-state index in [1.807, 2.05) is 21.1 Å². The summed E-state index contributed by atoms with van der Waals surface area (Å²) in [6.07, 6.45) is -0.369. The van der Waals surface area contributed by atoms with Gasteiger partial charge < -0.3 is 19.5 Å². The van der Waals surface area contributed by atoms with Gasteiger partial charge in [0.2, 0.25) is 0 Å². The van der Waals surface area contributed by atoms with Crippen molar-refractivity contribution in [3.05, 3.63) is 0 Å². The number of rotatable bonds is 3. The Bertz CT molecular complexity index is 141. The number of likely N-dealkylation sites (N-methyl/N-ethyl adjacent to an activating group) is 1. The molecule has 13 heavy (non-hydrogen) atoms. The van der Waals surface area contributed by atoms with E-state index in [-0.39, 0.29) is 6.10 Å². The fourth-order valence-electron chi connectivity index (χ4n) is 0.681. The van der Waals surface area contributed by atoms with E-state index in [0.29, 0.717) is 12.4 Å². The van der Waals surface area contributed by atoms with Crippen molar-refractivity contribution in [3.8, 4) is 0 Å². The lowest BCUT2D eigenvalue weighted by Gasteiger charge is -2.25. The molecule has 5 heteroatoms. The quantitative estimate of drug-likeness (QED) is 0.484. The van der Waals surface area contributed by atoms with Crippen LogP contribution in [-0.2, 0) is 4.79 Å². The van der Waals surface area contributed by atoms with Crippen LogP contribution in [0.25, 0.3) is 0 Å². The van der Waals surface area contributed by atoms with Crippen LogP contribution in [0, 0.1) is 0 Å². The molecule has 0 saturated heterocycles. The van der Waals surface area contributed by atoms with Gasteiger partial charge in [-0.25, -0.2) is 0 Å². The van der Waals surface area contributed by atoms with Crippen molar-refractivity contribution < 1.29 is 19.5 Å². The molecule has 1 unspecified atom stereocenters. The molecule has 0 fully saturated rings. The number of carbonyl (C=O) groups is 1. The van der Waals surface area contributed by atoms with Crippen LogP contribution in [0.5, 0.6) is 0 Å². The highest BCUT2D eigenvalue weighted by Gasteiger charge is 2.13. The maximum atomic E-state index is 9.05. The lowest BCUT2D eigenvalue weighted by molar-refractivity contribution is -0.873. The number of hydrogen-bond acceptors (Lipinski definition) is 3. The van der Waals surface area contributed by atoms with Crippen molar-refractivity contribution in [2.75, 3.05) is 33.6 Å². The molecule has 80 valence electrons. The van der Waals surface area contributed by atoms with Crippen LogP contribution in [0.3, 0.4) is 0 Å². The number of carboxylic acid groups (broad SMARTS) is 1. The summed E-state index contributed by atoms with van der Waals surface area (Å²) in [4.78, 5) is 8.89. The average molecular weight is 212 g/mol. The van der Waals surface area contributed by atoms with E-state index in [0.717, 1.165) is 11.4 Å². The zero-order valence-corrected chi connectivity index (χ0v) is 9.34. The number of hydrogen-bond donors (Lipinski definition) is 1. The van der Waals surface area contributed by atoms with Crippen molar-refractivity contribution in [2.45, 2.75) is 13.0 Å². The highest BCUT2D eigenvalue weighted by Crippen LogP contribution is 1.95. The zero-order chi connectivity index (χ0) is 11.1. The summed E-state index contributed by atoms with van der Waals surface area (Å²) in [5.74, 6) is -0.754. The molecule has 0 bridgehead atoms. The van der Waals surface area contributed by atoms with Gasteiger partial charge in [-0.3, -0.25) is 0 Å². The largest absolute Gasteiger partial charge is 0.550 e. The van der Waals surface area contributed by atoms with Crippen LogP contribution < -0.4 is 5.11 Å². The first-order valence-electron chi connectivity index (χ1n) is 3.91. The molecule has 4 nitrogen and oxygen atoms in total. The minimum atomic E-state index is -1.08. The summed E-state index contributed by atoms with van der Waals surface area (Å²) in [6, 6.07) is 0. The van der Waals surface area contributed by atoms with Crippen molar-refractivity contribution >= 4 is 17.6 Å². The van der Waals surface area contributed by atoms with Gasteiger partial charge in [-0.15, -0.1) is 11.6 Å².